The lowest BCUT2D eigenvalue weighted by Gasteiger charge is -2.26. The van der Waals surface area contributed by atoms with Crippen LogP contribution in [-0.2, 0) is 9.53 Å². The van der Waals surface area contributed by atoms with Crippen molar-refractivity contribution >= 4 is 23.6 Å². The first-order valence-corrected chi connectivity index (χ1v) is 6.97. The fourth-order valence-electron chi connectivity index (χ4n) is 1.77. The van der Waals surface area contributed by atoms with Gasteiger partial charge in [-0.25, -0.2) is 4.79 Å². The van der Waals surface area contributed by atoms with Crippen LogP contribution in [0.4, 0.5) is 0 Å². The highest BCUT2D eigenvalue weighted by molar-refractivity contribution is 8.00. The minimum atomic E-state index is -0.957. The van der Waals surface area contributed by atoms with Gasteiger partial charge in [0.2, 0.25) is 5.91 Å². The molecule has 0 aliphatic carbocycles. The molecule has 102 valence electrons. The zero-order chi connectivity index (χ0) is 13.7. The Balaban J connectivity index is 1.89. The Morgan fingerprint density at radius 3 is 2.74 bits per heavy atom. The van der Waals surface area contributed by atoms with Gasteiger partial charge in [-0.2, -0.15) is 0 Å². The predicted molar refractivity (Wildman–Crippen MR) is 71.5 cm³/mol. The number of nitrogens with zero attached hydrogens (tertiary/aromatic N) is 1. The molecule has 1 saturated heterocycles. The lowest BCUT2D eigenvalue weighted by Crippen LogP contribution is -2.41. The third-order valence-electron chi connectivity index (χ3n) is 2.81. The number of rotatable bonds is 4. The molecule has 0 saturated carbocycles. The Hall–Kier alpha value is -1.53. The Morgan fingerprint density at radius 2 is 2.05 bits per heavy atom. The molecule has 1 aromatic carbocycles. The van der Waals surface area contributed by atoms with Gasteiger partial charge in [0.05, 0.1) is 24.5 Å². The summed E-state index contributed by atoms with van der Waals surface area (Å²) in [5.41, 5.74) is 0.240. The van der Waals surface area contributed by atoms with Crippen LogP contribution in [0.1, 0.15) is 10.4 Å². The zero-order valence-corrected chi connectivity index (χ0v) is 11.2. The normalized spacial score (nSPS) is 15.3. The van der Waals surface area contributed by atoms with Gasteiger partial charge in [-0.05, 0) is 18.2 Å². The van der Waals surface area contributed by atoms with Gasteiger partial charge in [-0.15, -0.1) is 11.8 Å². The lowest BCUT2D eigenvalue weighted by atomic mass is 10.2. The molecular formula is C13H15NO4S. The number of benzene rings is 1. The molecule has 1 aliphatic rings. The zero-order valence-electron chi connectivity index (χ0n) is 10.4. The van der Waals surface area contributed by atoms with E-state index in [1.807, 2.05) is 6.07 Å². The maximum absolute atomic E-state index is 11.9. The van der Waals surface area contributed by atoms with Crippen LogP contribution < -0.4 is 0 Å². The summed E-state index contributed by atoms with van der Waals surface area (Å²) in [6, 6.07) is 6.62. The van der Waals surface area contributed by atoms with Crippen molar-refractivity contribution in [2.24, 2.45) is 0 Å². The van der Waals surface area contributed by atoms with E-state index >= 15 is 0 Å². The molecule has 1 amide bonds. The number of carbonyl (C=O) groups excluding carboxylic acids is 1. The number of hydrogen-bond acceptors (Lipinski definition) is 4. The van der Waals surface area contributed by atoms with Crippen LogP contribution in [0, 0.1) is 0 Å². The number of thioether (sulfide) groups is 1. The molecule has 0 radical (unpaired) electrons. The molecular weight excluding hydrogens is 266 g/mol. The van der Waals surface area contributed by atoms with Crippen LogP contribution in [-0.4, -0.2) is 53.9 Å². The Labute approximate surface area is 115 Å². The summed E-state index contributed by atoms with van der Waals surface area (Å²) in [5.74, 6) is -0.570. The van der Waals surface area contributed by atoms with Crippen LogP contribution in [0.15, 0.2) is 29.2 Å². The highest BCUT2D eigenvalue weighted by Gasteiger charge is 2.16. The van der Waals surface area contributed by atoms with E-state index in [2.05, 4.69) is 0 Å². The second-order valence-electron chi connectivity index (χ2n) is 4.11. The number of morpholine rings is 1. The molecule has 0 spiro atoms. The van der Waals surface area contributed by atoms with E-state index in [0.29, 0.717) is 32.1 Å². The quantitative estimate of drug-likeness (QED) is 0.844. The Morgan fingerprint density at radius 1 is 1.32 bits per heavy atom. The third kappa shape index (κ3) is 3.97. The average molecular weight is 281 g/mol. The molecule has 0 unspecified atom stereocenters. The maximum Gasteiger partial charge on any atom is 0.335 e. The molecule has 1 N–H and O–H groups in total. The van der Waals surface area contributed by atoms with Crippen molar-refractivity contribution in [1.29, 1.82) is 0 Å². The molecule has 19 heavy (non-hydrogen) atoms. The average Bonchev–Trinajstić information content (AvgIpc) is 2.46. The number of carbonyl (C=O) groups is 2. The number of amides is 1. The molecule has 1 heterocycles. The third-order valence-corrected chi connectivity index (χ3v) is 3.79. The SMILES string of the molecule is O=C(O)c1cccc(SCC(=O)N2CCOCC2)c1. The summed E-state index contributed by atoms with van der Waals surface area (Å²) in [5, 5.41) is 8.89. The molecule has 6 heteroatoms. The van der Waals surface area contributed by atoms with Gasteiger partial charge in [0.15, 0.2) is 0 Å². The van der Waals surface area contributed by atoms with Crippen LogP contribution in [0.5, 0.6) is 0 Å². The highest BCUT2D eigenvalue weighted by Crippen LogP contribution is 2.20. The Bertz CT molecular complexity index is 471. The first-order valence-electron chi connectivity index (χ1n) is 5.98. The van der Waals surface area contributed by atoms with Gasteiger partial charge >= 0.3 is 5.97 Å². The van der Waals surface area contributed by atoms with Crippen molar-refractivity contribution in [3.63, 3.8) is 0 Å². The van der Waals surface area contributed by atoms with Gasteiger partial charge in [-0.1, -0.05) is 6.07 Å². The minimum absolute atomic E-state index is 0.0639. The van der Waals surface area contributed by atoms with Gasteiger partial charge < -0.3 is 14.7 Å². The van der Waals surface area contributed by atoms with Crippen molar-refractivity contribution in [2.45, 2.75) is 4.90 Å². The molecule has 0 bridgehead atoms. The van der Waals surface area contributed by atoms with E-state index in [-0.39, 0.29) is 11.5 Å². The second kappa shape index (κ2) is 6.58. The monoisotopic (exact) mass is 281 g/mol. The van der Waals surface area contributed by atoms with E-state index in [0.717, 1.165) is 4.90 Å². The molecule has 1 aliphatic heterocycles. The van der Waals surface area contributed by atoms with Gasteiger partial charge in [0.1, 0.15) is 0 Å². The topological polar surface area (TPSA) is 66.8 Å². The van der Waals surface area contributed by atoms with Crippen molar-refractivity contribution in [3.05, 3.63) is 29.8 Å². The van der Waals surface area contributed by atoms with E-state index in [4.69, 9.17) is 9.84 Å². The van der Waals surface area contributed by atoms with Gasteiger partial charge in [0.25, 0.3) is 0 Å². The first kappa shape index (κ1) is 13.9. The second-order valence-corrected chi connectivity index (χ2v) is 5.16. The number of hydrogen-bond donors (Lipinski definition) is 1. The molecule has 5 nitrogen and oxygen atoms in total. The number of carboxylic acids is 1. The van der Waals surface area contributed by atoms with Crippen LogP contribution >= 0.6 is 11.8 Å². The highest BCUT2D eigenvalue weighted by atomic mass is 32.2. The van der Waals surface area contributed by atoms with Crippen molar-refractivity contribution in [2.75, 3.05) is 32.1 Å². The van der Waals surface area contributed by atoms with Gasteiger partial charge in [-0.3, -0.25) is 4.79 Å². The standard InChI is InChI=1S/C13H15NO4S/c15-12(14-4-6-18-7-5-14)9-19-11-3-1-2-10(8-11)13(16)17/h1-3,8H,4-7,9H2,(H,16,17). The first-order chi connectivity index (χ1) is 9.16. The summed E-state index contributed by atoms with van der Waals surface area (Å²) in [6.45, 7) is 2.44. The van der Waals surface area contributed by atoms with Gasteiger partial charge in [0, 0.05) is 18.0 Å². The summed E-state index contributed by atoms with van der Waals surface area (Å²) in [7, 11) is 0. The van der Waals surface area contributed by atoms with E-state index in [1.54, 1.807) is 17.0 Å². The van der Waals surface area contributed by atoms with Crippen molar-refractivity contribution in [3.8, 4) is 0 Å². The largest absolute Gasteiger partial charge is 0.478 e. The van der Waals surface area contributed by atoms with E-state index in [1.165, 1.54) is 17.8 Å². The lowest BCUT2D eigenvalue weighted by molar-refractivity contribution is -0.132. The molecule has 2 rings (SSSR count). The number of carboxylic acid groups (broad SMARTS) is 1. The minimum Gasteiger partial charge on any atom is -0.478 e. The molecule has 0 aromatic heterocycles. The number of ether oxygens (including phenoxy) is 1. The van der Waals surface area contributed by atoms with Crippen LogP contribution in [0.3, 0.4) is 0 Å². The Kier molecular flexibility index (Phi) is 4.81. The van der Waals surface area contributed by atoms with Crippen molar-refractivity contribution in [1.82, 2.24) is 4.90 Å². The van der Waals surface area contributed by atoms with Crippen LogP contribution in [0.2, 0.25) is 0 Å². The van der Waals surface area contributed by atoms with Crippen molar-refractivity contribution < 1.29 is 19.4 Å². The maximum atomic E-state index is 11.9. The molecule has 1 fully saturated rings. The fourth-order valence-corrected chi connectivity index (χ4v) is 2.63. The van der Waals surface area contributed by atoms with Crippen LogP contribution in [0.25, 0.3) is 0 Å². The summed E-state index contributed by atoms with van der Waals surface area (Å²) >= 11 is 1.36. The fraction of sp³-hybridized carbons (Fsp3) is 0.385. The van der Waals surface area contributed by atoms with E-state index in [9.17, 15) is 9.59 Å². The number of aromatic carboxylic acids is 1. The molecule has 0 atom stereocenters. The molecule has 1 aromatic rings. The summed E-state index contributed by atoms with van der Waals surface area (Å²) < 4.78 is 5.19. The predicted octanol–water partition coefficient (Wildman–Crippen LogP) is 1.34. The summed E-state index contributed by atoms with van der Waals surface area (Å²) in [4.78, 5) is 25.3. The van der Waals surface area contributed by atoms with E-state index < -0.39 is 5.97 Å². The summed E-state index contributed by atoms with van der Waals surface area (Å²) in [6.07, 6.45) is 0. The smallest absolute Gasteiger partial charge is 0.335 e.